The van der Waals surface area contributed by atoms with Gasteiger partial charge >= 0.3 is 0 Å². The maximum absolute atomic E-state index is 16.2. The van der Waals surface area contributed by atoms with Gasteiger partial charge in [-0.1, -0.05) is 66.7 Å². The number of rotatable bonds is 8. The van der Waals surface area contributed by atoms with Gasteiger partial charge in [-0.25, -0.2) is 13.8 Å². The van der Waals surface area contributed by atoms with E-state index < -0.39 is 23.0 Å². The van der Waals surface area contributed by atoms with Crippen molar-refractivity contribution in [2.45, 2.75) is 13.1 Å². The minimum atomic E-state index is -0.920. The summed E-state index contributed by atoms with van der Waals surface area (Å²) in [5.74, 6) is -2.58. The molecule has 196 valence electrons. The number of benzene rings is 3. The molecule has 0 saturated heterocycles. The Hall–Kier alpha value is -5.17. The van der Waals surface area contributed by atoms with E-state index >= 15 is 8.78 Å². The van der Waals surface area contributed by atoms with Gasteiger partial charge < -0.3 is 9.88 Å². The summed E-state index contributed by atoms with van der Waals surface area (Å²) in [6, 6.07) is 27.3. The number of nitrogens with zero attached hydrogens (tertiary/aromatic N) is 3. The molecule has 6 aromatic rings. The van der Waals surface area contributed by atoms with Crippen LogP contribution in [0.1, 0.15) is 27.0 Å². The SMILES string of the molecule is O=C(c1c(F)ccc(N(Cc2ccccc2)Cc2ccccc2)c1F)c1c[nH]c2ncc(-c3cccnc3)cc12. The van der Waals surface area contributed by atoms with Gasteiger partial charge in [-0.3, -0.25) is 9.78 Å². The lowest BCUT2D eigenvalue weighted by molar-refractivity contribution is 0.103. The number of aromatic nitrogens is 3. The van der Waals surface area contributed by atoms with Crippen LogP contribution in [0, 0.1) is 11.6 Å². The fraction of sp³-hybridized carbons (Fsp3) is 0.0606. The molecule has 6 rings (SSSR count). The molecule has 0 atom stereocenters. The minimum Gasteiger partial charge on any atom is -0.360 e. The number of aromatic amines is 1. The number of halogens is 2. The fourth-order valence-electron chi connectivity index (χ4n) is 4.85. The van der Waals surface area contributed by atoms with Crippen molar-refractivity contribution >= 4 is 22.5 Å². The number of anilines is 1. The lowest BCUT2D eigenvalue weighted by atomic mass is 9.99. The number of hydrogen-bond acceptors (Lipinski definition) is 4. The number of carbonyl (C=O) groups is 1. The zero-order valence-electron chi connectivity index (χ0n) is 21.4. The van der Waals surface area contributed by atoms with Gasteiger partial charge in [0.15, 0.2) is 5.82 Å². The van der Waals surface area contributed by atoms with Crippen LogP contribution in [0.2, 0.25) is 0 Å². The second-order valence-corrected chi connectivity index (χ2v) is 9.48. The highest BCUT2D eigenvalue weighted by molar-refractivity contribution is 6.16. The van der Waals surface area contributed by atoms with Crippen LogP contribution in [0.5, 0.6) is 0 Å². The zero-order chi connectivity index (χ0) is 27.5. The van der Waals surface area contributed by atoms with E-state index in [1.165, 1.54) is 12.3 Å². The molecule has 0 bridgehead atoms. The third kappa shape index (κ3) is 4.97. The molecule has 0 spiro atoms. The number of fused-ring (bicyclic) bond motifs is 1. The van der Waals surface area contributed by atoms with Gasteiger partial charge in [0.2, 0.25) is 5.78 Å². The first kappa shape index (κ1) is 25.1. The summed E-state index contributed by atoms with van der Waals surface area (Å²) >= 11 is 0. The van der Waals surface area contributed by atoms with E-state index in [-0.39, 0.29) is 11.3 Å². The summed E-state index contributed by atoms with van der Waals surface area (Å²) in [5.41, 5.74) is 3.60. The van der Waals surface area contributed by atoms with Crippen LogP contribution in [-0.2, 0) is 13.1 Å². The molecule has 40 heavy (non-hydrogen) atoms. The number of hydrogen-bond donors (Lipinski definition) is 1. The van der Waals surface area contributed by atoms with Gasteiger partial charge in [0.25, 0.3) is 0 Å². The van der Waals surface area contributed by atoms with Crippen LogP contribution in [0.3, 0.4) is 0 Å². The molecule has 3 aromatic heterocycles. The Morgan fingerprint density at radius 2 is 1.50 bits per heavy atom. The molecule has 0 aliphatic carbocycles. The highest BCUT2D eigenvalue weighted by Gasteiger charge is 2.26. The first-order chi connectivity index (χ1) is 19.6. The lowest BCUT2D eigenvalue weighted by Crippen LogP contribution is -2.24. The zero-order valence-corrected chi connectivity index (χ0v) is 21.4. The molecular formula is C33H24F2N4O. The van der Waals surface area contributed by atoms with E-state index in [4.69, 9.17) is 0 Å². The molecule has 0 amide bonds. The number of nitrogens with one attached hydrogen (secondary N) is 1. The van der Waals surface area contributed by atoms with E-state index in [0.717, 1.165) is 28.3 Å². The van der Waals surface area contributed by atoms with Gasteiger partial charge in [-0.05, 0) is 35.4 Å². The Balaban J connectivity index is 1.42. The largest absolute Gasteiger partial charge is 0.360 e. The van der Waals surface area contributed by atoms with Crippen molar-refractivity contribution in [3.63, 3.8) is 0 Å². The molecule has 0 aliphatic heterocycles. The van der Waals surface area contributed by atoms with Crippen LogP contribution in [-0.4, -0.2) is 20.7 Å². The van der Waals surface area contributed by atoms with E-state index in [1.807, 2.05) is 71.6 Å². The lowest BCUT2D eigenvalue weighted by Gasteiger charge is -2.26. The summed E-state index contributed by atoms with van der Waals surface area (Å²) in [7, 11) is 0. The second-order valence-electron chi connectivity index (χ2n) is 9.48. The Bertz CT molecular complexity index is 1750. The van der Waals surface area contributed by atoms with Crippen molar-refractivity contribution in [2.24, 2.45) is 0 Å². The minimum absolute atomic E-state index is 0.140. The van der Waals surface area contributed by atoms with Crippen molar-refractivity contribution in [3.05, 3.63) is 150 Å². The smallest absolute Gasteiger partial charge is 0.201 e. The molecule has 0 saturated carbocycles. The molecular weight excluding hydrogens is 506 g/mol. The summed E-state index contributed by atoms with van der Waals surface area (Å²) in [4.78, 5) is 27.1. The number of pyridine rings is 2. The molecule has 3 heterocycles. The van der Waals surface area contributed by atoms with E-state index in [9.17, 15) is 4.79 Å². The molecule has 3 aromatic carbocycles. The predicted octanol–water partition coefficient (Wildman–Crippen LogP) is 7.34. The first-order valence-corrected chi connectivity index (χ1v) is 12.8. The molecule has 0 fully saturated rings. The standard InChI is InChI=1S/C33H24F2N4O/c34-28-13-14-29(39(20-22-8-3-1-4-9-22)21-23-10-5-2-6-11-23)31(35)30(28)32(40)27-19-38-33-26(27)16-25(18-37-33)24-12-7-15-36-17-24/h1-19H,20-21H2,(H,37,38). The van der Waals surface area contributed by atoms with Crippen molar-refractivity contribution < 1.29 is 13.6 Å². The maximum Gasteiger partial charge on any atom is 0.201 e. The molecule has 7 heteroatoms. The van der Waals surface area contributed by atoms with Crippen molar-refractivity contribution in [2.75, 3.05) is 4.90 Å². The van der Waals surface area contributed by atoms with E-state index in [2.05, 4.69) is 15.0 Å². The normalized spacial score (nSPS) is 11.1. The third-order valence-corrected chi connectivity index (χ3v) is 6.84. The summed E-state index contributed by atoms with van der Waals surface area (Å²) in [6.45, 7) is 0.745. The van der Waals surface area contributed by atoms with Gasteiger partial charge in [0.05, 0.1) is 11.3 Å². The Morgan fingerprint density at radius 1 is 0.800 bits per heavy atom. The Kier molecular flexibility index (Phi) is 6.85. The van der Waals surface area contributed by atoms with Crippen molar-refractivity contribution in [1.29, 1.82) is 0 Å². The number of ketones is 1. The van der Waals surface area contributed by atoms with Gasteiger partial charge in [0, 0.05) is 60.0 Å². The van der Waals surface area contributed by atoms with Crippen LogP contribution >= 0.6 is 0 Å². The summed E-state index contributed by atoms with van der Waals surface area (Å²) < 4.78 is 31.5. The van der Waals surface area contributed by atoms with Gasteiger partial charge in [0.1, 0.15) is 11.5 Å². The molecule has 0 unspecified atom stereocenters. The topological polar surface area (TPSA) is 61.9 Å². The van der Waals surface area contributed by atoms with Crippen LogP contribution in [0.15, 0.2) is 116 Å². The molecule has 0 aliphatic rings. The van der Waals surface area contributed by atoms with Crippen molar-refractivity contribution in [3.8, 4) is 11.1 Å². The summed E-state index contributed by atoms with van der Waals surface area (Å²) in [6.07, 6.45) is 6.47. The van der Waals surface area contributed by atoms with E-state index in [0.29, 0.717) is 24.1 Å². The predicted molar refractivity (Wildman–Crippen MR) is 152 cm³/mol. The Morgan fingerprint density at radius 3 is 2.15 bits per heavy atom. The number of carbonyl (C=O) groups excluding carboxylic acids is 1. The van der Waals surface area contributed by atoms with E-state index in [1.54, 1.807) is 30.7 Å². The quantitative estimate of drug-likeness (QED) is 0.209. The highest BCUT2D eigenvalue weighted by Crippen LogP contribution is 2.31. The molecule has 5 nitrogen and oxygen atoms in total. The monoisotopic (exact) mass is 530 g/mol. The van der Waals surface area contributed by atoms with Crippen LogP contribution < -0.4 is 4.90 Å². The van der Waals surface area contributed by atoms with Crippen LogP contribution in [0.25, 0.3) is 22.2 Å². The van der Waals surface area contributed by atoms with Gasteiger partial charge in [-0.2, -0.15) is 0 Å². The maximum atomic E-state index is 16.2. The first-order valence-electron chi connectivity index (χ1n) is 12.8. The molecule has 1 N–H and O–H groups in total. The number of H-pyrrole nitrogens is 1. The fourth-order valence-corrected chi connectivity index (χ4v) is 4.85. The van der Waals surface area contributed by atoms with Crippen molar-refractivity contribution in [1.82, 2.24) is 15.0 Å². The summed E-state index contributed by atoms with van der Waals surface area (Å²) in [5, 5.41) is 0.473. The second kappa shape index (κ2) is 10.9. The van der Waals surface area contributed by atoms with Gasteiger partial charge in [-0.15, -0.1) is 0 Å². The van der Waals surface area contributed by atoms with Crippen LogP contribution in [0.4, 0.5) is 14.5 Å². The molecule has 0 radical (unpaired) electrons. The average Bonchev–Trinajstić information content (AvgIpc) is 3.42. The average molecular weight is 531 g/mol. The highest BCUT2D eigenvalue weighted by atomic mass is 19.1. The Labute approximate surface area is 229 Å². The third-order valence-electron chi connectivity index (χ3n) is 6.84.